The molecule has 0 saturated carbocycles. The summed E-state index contributed by atoms with van der Waals surface area (Å²) in [5, 5.41) is 3.27. The maximum Gasteiger partial charge on any atom is 0.277 e. The van der Waals surface area contributed by atoms with Crippen molar-refractivity contribution in [3.63, 3.8) is 0 Å². The van der Waals surface area contributed by atoms with E-state index in [0.717, 1.165) is 37.2 Å². The first kappa shape index (κ1) is 20.9. The van der Waals surface area contributed by atoms with E-state index in [2.05, 4.69) is 10.00 Å². The molecule has 2 aromatic heterocycles. The average Bonchev–Trinajstić information content (AvgIpc) is 3.24. The van der Waals surface area contributed by atoms with E-state index in [4.69, 9.17) is 4.98 Å². The number of aromatic nitrogens is 3. The molecule has 5 rings (SSSR count). The van der Waals surface area contributed by atoms with Crippen molar-refractivity contribution < 1.29 is 9.18 Å². The molecule has 8 heteroatoms. The highest BCUT2D eigenvalue weighted by Gasteiger charge is 2.28. The van der Waals surface area contributed by atoms with Crippen molar-refractivity contribution in [2.75, 3.05) is 13.1 Å². The first-order valence-corrected chi connectivity index (χ1v) is 11.4. The second kappa shape index (κ2) is 8.50. The number of nitrogens with one attached hydrogen (secondary N) is 1. The second-order valence-electron chi connectivity index (χ2n) is 8.74. The fraction of sp³-hybridized carbons (Fsp3) is 0.458. The monoisotopic (exact) mass is 437 g/mol. The van der Waals surface area contributed by atoms with Crippen LogP contribution in [0, 0.1) is 5.82 Å². The molecule has 0 spiro atoms. The van der Waals surface area contributed by atoms with Crippen LogP contribution in [0.5, 0.6) is 0 Å². The van der Waals surface area contributed by atoms with E-state index < -0.39 is 0 Å². The lowest BCUT2D eigenvalue weighted by atomic mass is 9.98. The summed E-state index contributed by atoms with van der Waals surface area (Å²) < 4.78 is 15.8. The van der Waals surface area contributed by atoms with Gasteiger partial charge in [-0.1, -0.05) is 31.5 Å². The van der Waals surface area contributed by atoms with Crippen molar-refractivity contribution in [1.29, 1.82) is 0 Å². The van der Waals surface area contributed by atoms with Gasteiger partial charge in [0.05, 0.1) is 29.5 Å². The molecule has 3 aromatic rings. The number of piperidine rings is 1. The van der Waals surface area contributed by atoms with Gasteiger partial charge in [0.25, 0.3) is 5.56 Å². The van der Waals surface area contributed by atoms with Gasteiger partial charge in [0.1, 0.15) is 5.82 Å². The number of rotatable bonds is 4. The summed E-state index contributed by atoms with van der Waals surface area (Å²) in [4.78, 5) is 34.1. The molecule has 1 saturated heterocycles. The summed E-state index contributed by atoms with van der Waals surface area (Å²) in [6.45, 7) is 4.15. The molecule has 7 nitrogen and oxygen atoms in total. The van der Waals surface area contributed by atoms with Crippen molar-refractivity contribution in [2.45, 2.75) is 58.2 Å². The number of hydrogen-bond donors (Lipinski definition) is 1. The van der Waals surface area contributed by atoms with Crippen molar-refractivity contribution >= 4 is 11.6 Å². The maximum absolute atomic E-state index is 14.3. The zero-order valence-corrected chi connectivity index (χ0v) is 18.3. The van der Waals surface area contributed by atoms with E-state index in [9.17, 15) is 14.0 Å². The highest BCUT2D eigenvalue weighted by molar-refractivity contribution is 5.76. The van der Waals surface area contributed by atoms with Crippen molar-refractivity contribution in [3.8, 4) is 0 Å². The van der Waals surface area contributed by atoms with Gasteiger partial charge in [-0.2, -0.15) is 0 Å². The Morgan fingerprint density at radius 1 is 1.25 bits per heavy atom. The van der Waals surface area contributed by atoms with Gasteiger partial charge in [-0.05, 0) is 25.5 Å². The third-order valence-electron chi connectivity index (χ3n) is 6.74. The Balaban J connectivity index is 1.47. The predicted molar refractivity (Wildman–Crippen MR) is 119 cm³/mol. The highest BCUT2D eigenvalue weighted by Crippen LogP contribution is 2.32. The molecule has 1 atom stereocenters. The number of benzene rings is 1. The molecule has 2 aliphatic rings. The van der Waals surface area contributed by atoms with Crippen molar-refractivity contribution in [1.82, 2.24) is 24.4 Å². The molecule has 1 aromatic carbocycles. The molecule has 32 heavy (non-hydrogen) atoms. The standard InChI is InChI=1S/C24H28FN5O2/c1-2-23(31)29-12-10-19-17(15-29)24(32)30-22(26-19)13-20(27-30)21-9-5-6-11-28(21)14-16-7-3-4-8-18(16)25/h3-4,7-8,13,21,27H,2,5-6,9-12,14-15H2,1H3. The van der Waals surface area contributed by atoms with Crippen LogP contribution in [0.15, 0.2) is 35.1 Å². The smallest absolute Gasteiger partial charge is 0.277 e. The van der Waals surface area contributed by atoms with Crippen LogP contribution < -0.4 is 5.56 Å². The molecule has 1 fully saturated rings. The fourth-order valence-electron chi connectivity index (χ4n) is 4.99. The molecule has 1 unspecified atom stereocenters. The number of carbonyl (C=O) groups excluding carboxylic acids is 1. The van der Waals surface area contributed by atoms with Crippen LogP contribution in [-0.4, -0.2) is 43.4 Å². The fourth-order valence-corrected chi connectivity index (χ4v) is 4.99. The topological polar surface area (TPSA) is 73.7 Å². The lowest BCUT2D eigenvalue weighted by Gasteiger charge is -2.35. The first-order valence-electron chi connectivity index (χ1n) is 11.4. The number of aromatic amines is 1. The molecule has 168 valence electrons. The van der Waals surface area contributed by atoms with E-state index in [0.29, 0.717) is 49.2 Å². The minimum atomic E-state index is -0.190. The maximum atomic E-state index is 14.3. The zero-order valence-electron chi connectivity index (χ0n) is 18.3. The minimum absolute atomic E-state index is 0.0540. The lowest BCUT2D eigenvalue weighted by molar-refractivity contribution is -0.131. The number of H-pyrrole nitrogens is 1. The largest absolute Gasteiger partial charge is 0.338 e. The highest BCUT2D eigenvalue weighted by atomic mass is 19.1. The van der Waals surface area contributed by atoms with Crippen LogP contribution in [0.4, 0.5) is 4.39 Å². The first-order chi connectivity index (χ1) is 15.5. The van der Waals surface area contributed by atoms with Gasteiger partial charge in [0.2, 0.25) is 5.91 Å². The molecular weight excluding hydrogens is 409 g/mol. The Morgan fingerprint density at radius 3 is 2.91 bits per heavy atom. The molecule has 4 heterocycles. The van der Waals surface area contributed by atoms with Gasteiger partial charge in [-0.25, -0.2) is 13.9 Å². The van der Waals surface area contributed by atoms with Crippen LogP contribution in [0.2, 0.25) is 0 Å². The summed E-state index contributed by atoms with van der Waals surface area (Å²) >= 11 is 0. The van der Waals surface area contributed by atoms with Crippen molar-refractivity contribution in [3.05, 3.63) is 69.0 Å². The van der Waals surface area contributed by atoms with Crippen LogP contribution in [0.3, 0.4) is 0 Å². The number of halogens is 1. The third-order valence-corrected chi connectivity index (χ3v) is 6.74. The molecule has 1 amide bonds. The number of carbonyl (C=O) groups is 1. The lowest BCUT2D eigenvalue weighted by Crippen LogP contribution is -2.40. The Kier molecular flexibility index (Phi) is 5.55. The number of hydrogen-bond acceptors (Lipinski definition) is 4. The summed E-state index contributed by atoms with van der Waals surface area (Å²) in [6, 6.07) is 8.92. The average molecular weight is 438 g/mol. The minimum Gasteiger partial charge on any atom is -0.338 e. The Morgan fingerprint density at radius 2 is 2.09 bits per heavy atom. The summed E-state index contributed by atoms with van der Waals surface area (Å²) in [6.07, 6.45) is 4.11. The Bertz CT molecular complexity index is 1220. The van der Waals surface area contributed by atoms with Crippen LogP contribution in [0.25, 0.3) is 5.65 Å². The van der Waals surface area contributed by atoms with Crippen LogP contribution >= 0.6 is 0 Å². The van der Waals surface area contributed by atoms with Gasteiger partial charge in [-0.15, -0.1) is 0 Å². The number of fused-ring (bicyclic) bond motifs is 2. The van der Waals surface area contributed by atoms with Gasteiger partial charge in [0, 0.05) is 37.6 Å². The molecular formula is C24H28FN5O2. The van der Waals surface area contributed by atoms with Crippen LogP contribution in [0.1, 0.15) is 61.2 Å². The number of likely N-dealkylation sites (tertiary alicyclic amines) is 1. The van der Waals surface area contributed by atoms with Gasteiger partial charge in [-0.3, -0.25) is 19.6 Å². The van der Waals surface area contributed by atoms with Crippen LogP contribution in [-0.2, 0) is 24.3 Å². The third kappa shape index (κ3) is 3.72. The zero-order chi connectivity index (χ0) is 22.2. The van der Waals surface area contributed by atoms with Gasteiger partial charge < -0.3 is 4.90 Å². The number of amides is 1. The Labute approximate surface area is 185 Å². The van der Waals surface area contributed by atoms with E-state index in [1.54, 1.807) is 11.0 Å². The molecule has 0 radical (unpaired) electrons. The normalized spacial score (nSPS) is 19.3. The van der Waals surface area contributed by atoms with Gasteiger partial charge in [0.15, 0.2) is 5.65 Å². The van der Waals surface area contributed by atoms with Crippen molar-refractivity contribution in [2.24, 2.45) is 0 Å². The van der Waals surface area contributed by atoms with E-state index in [1.165, 1.54) is 10.6 Å². The molecule has 0 aliphatic carbocycles. The van der Waals surface area contributed by atoms with E-state index >= 15 is 0 Å². The number of nitrogens with zero attached hydrogens (tertiary/aromatic N) is 4. The molecule has 1 N–H and O–H groups in total. The molecule has 0 bridgehead atoms. The van der Waals surface area contributed by atoms with E-state index in [-0.39, 0.29) is 23.3 Å². The SMILES string of the molecule is CCC(=O)N1CCc2nc3cc(C4CCCCN4Cc4ccccc4F)[nH]n3c(=O)c2C1. The quantitative estimate of drug-likeness (QED) is 0.680. The summed E-state index contributed by atoms with van der Waals surface area (Å²) in [5.41, 5.74) is 3.46. The summed E-state index contributed by atoms with van der Waals surface area (Å²) in [5.74, 6) is -0.136. The Hall–Kier alpha value is -3.00. The van der Waals surface area contributed by atoms with E-state index in [1.807, 2.05) is 25.1 Å². The predicted octanol–water partition coefficient (Wildman–Crippen LogP) is 3.18. The molecule has 2 aliphatic heterocycles. The van der Waals surface area contributed by atoms with Gasteiger partial charge >= 0.3 is 0 Å². The second-order valence-corrected chi connectivity index (χ2v) is 8.74. The summed E-state index contributed by atoms with van der Waals surface area (Å²) in [7, 11) is 0.